The fraction of sp³-hybridized carbons (Fsp3) is 0.296. The maximum Gasteiger partial charge on any atom is 0.272 e. The topological polar surface area (TPSA) is 149 Å². The van der Waals surface area contributed by atoms with E-state index in [0.717, 1.165) is 24.8 Å². The zero-order valence-corrected chi connectivity index (χ0v) is 24.0. The number of benzene rings is 1. The number of rotatable bonds is 11. The zero-order chi connectivity index (χ0) is 29.1. The van der Waals surface area contributed by atoms with Crippen molar-refractivity contribution in [2.45, 2.75) is 13.0 Å². The normalized spacial score (nSPS) is 11.9. The van der Waals surface area contributed by atoms with Crippen LogP contribution in [0.1, 0.15) is 22.5 Å². The number of hydrogen-bond acceptors (Lipinski definition) is 9. The van der Waals surface area contributed by atoms with Crippen LogP contribution in [0.3, 0.4) is 0 Å². The summed E-state index contributed by atoms with van der Waals surface area (Å²) in [6.07, 6.45) is 8.71. The van der Waals surface area contributed by atoms with E-state index >= 15 is 0 Å². The van der Waals surface area contributed by atoms with Gasteiger partial charge in [-0.15, -0.1) is 0 Å². The molecule has 5 rings (SSSR count). The Hall–Kier alpha value is -4.40. The Morgan fingerprint density at radius 3 is 2.73 bits per heavy atom. The fourth-order valence-electron chi connectivity index (χ4n) is 4.42. The van der Waals surface area contributed by atoms with Crippen LogP contribution in [0.4, 0.5) is 0 Å². The minimum Gasteiger partial charge on any atom is -0.494 e. The largest absolute Gasteiger partial charge is 0.494 e. The molecule has 41 heavy (non-hydrogen) atoms. The average molecular weight is 578 g/mol. The van der Waals surface area contributed by atoms with Crippen LogP contribution in [0.25, 0.3) is 33.5 Å². The smallest absolute Gasteiger partial charge is 0.272 e. The Bertz CT molecular complexity index is 1830. The third kappa shape index (κ3) is 6.19. The number of methoxy groups -OCH3 is 1. The molecule has 0 radical (unpaired) electrons. The Labute approximate surface area is 237 Å². The number of fused-ring (bicyclic) bond motifs is 2. The van der Waals surface area contributed by atoms with Gasteiger partial charge < -0.3 is 15.0 Å². The van der Waals surface area contributed by atoms with E-state index in [-0.39, 0.29) is 18.1 Å². The number of hydrogen-bond donors (Lipinski definition) is 2. The van der Waals surface area contributed by atoms with E-state index in [9.17, 15) is 13.2 Å². The molecule has 0 aliphatic rings. The number of carbonyl (C=O) groups is 1. The predicted octanol–water partition coefficient (Wildman–Crippen LogP) is 1.87. The van der Waals surface area contributed by atoms with Gasteiger partial charge in [-0.3, -0.25) is 9.78 Å². The molecule has 0 unspecified atom stereocenters. The fourth-order valence-corrected chi connectivity index (χ4v) is 4.85. The van der Waals surface area contributed by atoms with E-state index in [0.29, 0.717) is 45.8 Å². The molecule has 1 amide bonds. The maximum absolute atomic E-state index is 13.3. The van der Waals surface area contributed by atoms with E-state index in [4.69, 9.17) is 9.84 Å². The van der Waals surface area contributed by atoms with Crippen molar-refractivity contribution in [3.63, 3.8) is 0 Å². The number of nitrogens with zero attached hydrogens (tertiary/aromatic N) is 7. The molecule has 0 atom stereocenters. The van der Waals surface area contributed by atoms with Crippen LogP contribution in [0.2, 0.25) is 0 Å². The van der Waals surface area contributed by atoms with E-state index < -0.39 is 10.0 Å². The number of carbonyl (C=O) groups excluding carboxylic acids is 1. The van der Waals surface area contributed by atoms with Crippen molar-refractivity contribution < 1.29 is 17.9 Å². The lowest BCUT2D eigenvalue weighted by Gasteiger charge is -2.12. The molecule has 5 aromatic rings. The Kier molecular flexibility index (Phi) is 7.97. The third-order valence-corrected chi connectivity index (χ3v) is 7.08. The van der Waals surface area contributed by atoms with E-state index in [1.807, 2.05) is 20.2 Å². The third-order valence-electron chi connectivity index (χ3n) is 6.41. The molecular formula is C27H31N9O4S. The van der Waals surface area contributed by atoms with Gasteiger partial charge >= 0.3 is 0 Å². The highest BCUT2D eigenvalue weighted by molar-refractivity contribution is 7.88. The summed E-state index contributed by atoms with van der Waals surface area (Å²) in [5, 5.41) is 12.6. The van der Waals surface area contributed by atoms with Gasteiger partial charge in [0.1, 0.15) is 11.4 Å². The maximum atomic E-state index is 13.3. The van der Waals surface area contributed by atoms with Crippen LogP contribution < -0.4 is 14.8 Å². The minimum absolute atomic E-state index is 0.103. The summed E-state index contributed by atoms with van der Waals surface area (Å²) >= 11 is 0. The predicted molar refractivity (Wildman–Crippen MR) is 155 cm³/mol. The SMILES string of the molecule is COc1cc(CNS(C)(=O)=O)ccc1-n1nc(C(=O)NCCCN(C)C)c2cnc(-c3cnn4cccnc34)cc21. The van der Waals surface area contributed by atoms with Gasteiger partial charge in [-0.05, 0) is 56.9 Å². The summed E-state index contributed by atoms with van der Waals surface area (Å²) in [6.45, 7) is 1.44. The van der Waals surface area contributed by atoms with Crippen molar-refractivity contribution in [2.75, 3.05) is 40.6 Å². The van der Waals surface area contributed by atoms with Gasteiger partial charge in [0.25, 0.3) is 5.91 Å². The van der Waals surface area contributed by atoms with Crippen LogP contribution in [0.15, 0.2) is 55.1 Å². The summed E-state index contributed by atoms with van der Waals surface area (Å²) in [5.74, 6) is 0.142. The first-order valence-electron chi connectivity index (χ1n) is 12.9. The molecule has 4 aromatic heterocycles. The zero-order valence-electron chi connectivity index (χ0n) is 23.2. The van der Waals surface area contributed by atoms with Crippen LogP contribution in [0, 0.1) is 0 Å². The van der Waals surface area contributed by atoms with Crippen molar-refractivity contribution in [1.82, 2.24) is 44.3 Å². The number of sulfonamides is 1. The molecule has 1 aromatic carbocycles. The van der Waals surface area contributed by atoms with Crippen LogP contribution in [-0.4, -0.2) is 89.1 Å². The molecule has 0 saturated heterocycles. The monoisotopic (exact) mass is 577 g/mol. The van der Waals surface area contributed by atoms with Crippen molar-refractivity contribution in [1.29, 1.82) is 0 Å². The summed E-state index contributed by atoms with van der Waals surface area (Å²) in [4.78, 5) is 24.4. The number of ether oxygens (including phenoxy) is 1. The molecule has 0 saturated carbocycles. The van der Waals surface area contributed by atoms with Gasteiger partial charge in [0, 0.05) is 31.7 Å². The van der Waals surface area contributed by atoms with E-state index in [1.165, 1.54) is 7.11 Å². The average Bonchev–Trinajstić information content (AvgIpc) is 3.55. The standard InChI is InChI=1S/C27H31N9O4S/c1-34(2)11-5-10-29-27(37)25-20-16-30-21(19-17-31-35-12-6-9-28-26(19)35)14-23(20)36(33-25)22-8-7-18(13-24(22)40-3)15-32-41(4,38)39/h6-9,12-14,16-17,32H,5,10-11,15H2,1-4H3,(H,29,37). The molecule has 2 N–H and O–H groups in total. The first kappa shape index (κ1) is 28.1. The van der Waals surface area contributed by atoms with Gasteiger partial charge in [-0.25, -0.2) is 27.3 Å². The van der Waals surface area contributed by atoms with Gasteiger partial charge in [0.05, 0.1) is 41.7 Å². The van der Waals surface area contributed by atoms with Crippen LogP contribution in [0.5, 0.6) is 5.75 Å². The highest BCUT2D eigenvalue weighted by atomic mass is 32.2. The number of pyridine rings is 1. The second-order valence-corrected chi connectivity index (χ2v) is 11.6. The van der Waals surface area contributed by atoms with E-state index in [2.05, 4.69) is 30.0 Å². The lowest BCUT2D eigenvalue weighted by Crippen LogP contribution is -2.27. The lowest BCUT2D eigenvalue weighted by atomic mass is 10.1. The van der Waals surface area contributed by atoms with Crippen LogP contribution in [-0.2, 0) is 16.6 Å². The molecule has 0 fully saturated rings. The van der Waals surface area contributed by atoms with Crippen molar-refractivity contribution in [3.8, 4) is 22.7 Å². The van der Waals surface area contributed by atoms with Crippen molar-refractivity contribution >= 4 is 32.5 Å². The Morgan fingerprint density at radius 2 is 1.98 bits per heavy atom. The summed E-state index contributed by atoms with van der Waals surface area (Å²) in [7, 11) is 2.12. The Balaban J connectivity index is 1.60. The quantitative estimate of drug-likeness (QED) is 0.224. The van der Waals surface area contributed by atoms with Gasteiger partial charge in [0.2, 0.25) is 10.0 Å². The molecule has 4 heterocycles. The van der Waals surface area contributed by atoms with Crippen molar-refractivity contribution in [3.05, 3.63) is 66.4 Å². The number of amides is 1. The molecule has 0 aliphatic heterocycles. The van der Waals surface area contributed by atoms with Crippen LogP contribution >= 0.6 is 0 Å². The molecule has 13 nitrogen and oxygen atoms in total. The minimum atomic E-state index is -3.37. The second-order valence-electron chi connectivity index (χ2n) is 9.81. The molecular weight excluding hydrogens is 546 g/mol. The highest BCUT2D eigenvalue weighted by Gasteiger charge is 2.22. The lowest BCUT2D eigenvalue weighted by molar-refractivity contribution is 0.0948. The van der Waals surface area contributed by atoms with Gasteiger partial charge in [0.15, 0.2) is 11.3 Å². The van der Waals surface area contributed by atoms with Gasteiger partial charge in [-0.1, -0.05) is 6.07 Å². The summed E-state index contributed by atoms with van der Waals surface area (Å²) in [5.41, 5.74) is 4.11. The Morgan fingerprint density at radius 1 is 1.15 bits per heavy atom. The highest BCUT2D eigenvalue weighted by Crippen LogP contribution is 2.31. The number of aromatic nitrogens is 6. The van der Waals surface area contributed by atoms with Crippen molar-refractivity contribution in [2.24, 2.45) is 0 Å². The molecule has 14 heteroatoms. The first-order chi connectivity index (χ1) is 19.6. The molecule has 0 bridgehead atoms. The molecule has 0 aliphatic carbocycles. The summed E-state index contributed by atoms with van der Waals surface area (Å²) in [6, 6.07) is 8.93. The summed E-state index contributed by atoms with van der Waals surface area (Å²) < 4.78 is 34.6. The molecule has 214 valence electrons. The number of nitrogens with one attached hydrogen (secondary N) is 2. The van der Waals surface area contributed by atoms with E-state index in [1.54, 1.807) is 58.3 Å². The molecule has 0 spiro atoms. The first-order valence-corrected chi connectivity index (χ1v) is 14.8. The second kappa shape index (κ2) is 11.6. The van der Waals surface area contributed by atoms with Gasteiger partial charge in [-0.2, -0.15) is 10.2 Å².